The van der Waals surface area contributed by atoms with Crippen molar-refractivity contribution in [2.75, 3.05) is 0 Å². The van der Waals surface area contributed by atoms with Crippen LogP contribution in [0.1, 0.15) is 56.6 Å². The zero-order valence-corrected chi connectivity index (χ0v) is 15.4. The minimum atomic E-state index is -0.969. The van der Waals surface area contributed by atoms with Crippen LogP contribution in [-0.4, -0.2) is 32.5 Å². The number of aliphatic hydroxyl groups excluding tert-OH is 1. The first-order valence-electron chi connectivity index (χ1n) is 9.03. The SMILES string of the molecule is C=C(C)[C@@H]1CCC(C(=O)O)=CC1c1c(O)cc(CCCC(C)O)cc1O. The predicted molar refractivity (Wildman–Crippen MR) is 100 cm³/mol. The van der Waals surface area contributed by atoms with E-state index in [9.17, 15) is 25.2 Å². The van der Waals surface area contributed by atoms with E-state index < -0.39 is 11.9 Å². The molecule has 0 saturated carbocycles. The number of phenolic OH excluding ortho intramolecular Hbond substituents is 2. The Morgan fingerprint density at radius 2 is 1.92 bits per heavy atom. The maximum atomic E-state index is 11.4. The quantitative estimate of drug-likeness (QED) is 0.553. The standard InChI is InChI=1S/C21H28O5/c1-12(2)16-8-7-15(21(25)26)11-17(16)20-18(23)9-14(10-19(20)24)6-4-5-13(3)22/h9-11,13,16-17,22-24H,1,4-8H2,2-3H3,(H,25,26)/t13?,16-,17?/m0/s1. The van der Waals surface area contributed by atoms with Crippen molar-refractivity contribution < 1.29 is 25.2 Å². The van der Waals surface area contributed by atoms with Crippen molar-refractivity contribution in [2.45, 2.75) is 58.0 Å². The molecule has 1 aromatic carbocycles. The first-order chi connectivity index (χ1) is 12.2. The molecule has 5 nitrogen and oxygen atoms in total. The Bertz CT molecular complexity index is 694. The maximum absolute atomic E-state index is 11.4. The number of allylic oxidation sites excluding steroid dienone is 2. The molecule has 1 aliphatic rings. The van der Waals surface area contributed by atoms with Crippen molar-refractivity contribution in [2.24, 2.45) is 5.92 Å². The summed E-state index contributed by atoms with van der Waals surface area (Å²) in [6, 6.07) is 3.24. The van der Waals surface area contributed by atoms with Gasteiger partial charge in [-0.1, -0.05) is 18.2 Å². The molecular weight excluding hydrogens is 332 g/mol. The summed E-state index contributed by atoms with van der Waals surface area (Å²) in [5.74, 6) is -1.48. The van der Waals surface area contributed by atoms with Gasteiger partial charge in [0.2, 0.25) is 0 Å². The third kappa shape index (κ3) is 4.67. The number of aliphatic carboxylic acids is 1. The molecule has 3 atom stereocenters. The lowest BCUT2D eigenvalue weighted by Crippen LogP contribution is -2.20. The number of aliphatic hydroxyl groups is 1. The second-order valence-electron chi connectivity index (χ2n) is 7.30. The molecular formula is C21H28O5. The van der Waals surface area contributed by atoms with Crippen molar-refractivity contribution >= 4 is 5.97 Å². The van der Waals surface area contributed by atoms with Gasteiger partial charge in [-0.2, -0.15) is 0 Å². The number of hydrogen-bond acceptors (Lipinski definition) is 4. The molecule has 26 heavy (non-hydrogen) atoms. The van der Waals surface area contributed by atoms with Gasteiger partial charge in [-0.25, -0.2) is 4.79 Å². The van der Waals surface area contributed by atoms with Crippen molar-refractivity contribution in [3.63, 3.8) is 0 Å². The summed E-state index contributed by atoms with van der Waals surface area (Å²) < 4.78 is 0. The van der Waals surface area contributed by atoms with E-state index in [0.29, 0.717) is 36.8 Å². The molecule has 0 heterocycles. The highest BCUT2D eigenvalue weighted by molar-refractivity contribution is 5.87. The Morgan fingerprint density at radius 1 is 1.31 bits per heavy atom. The van der Waals surface area contributed by atoms with Crippen LogP contribution in [0.25, 0.3) is 0 Å². The third-order valence-corrected chi connectivity index (χ3v) is 5.06. The van der Waals surface area contributed by atoms with Gasteiger partial charge in [-0.05, 0) is 69.6 Å². The molecule has 0 radical (unpaired) electrons. The van der Waals surface area contributed by atoms with E-state index in [1.54, 1.807) is 25.1 Å². The zero-order valence-electron chi connectivity index (χ0n) is 15.4. The lowest BCUT2D eigenvalue weighted by Gasteiger charge is -2.31. The van der Waals surface area contributed by atoms with Crippen LogP contribution in [0.2, 0.25) is 0 Å². The third-order valence-electron chi connectivity index (χ3n) is 5.06. The van der Waals surface area contributed by atoms with Crippen LogP contribution in [0.4, 0.5) is 0 Å². The zero-order chi connectivity index (χ0) is 19.4. The summed E-state index contributed by atoms with van der Waals surface area (Å²) in [6.07, 6.45) is 4.35. The molecule has 0 aromatic heterocycles. The Morgan fingerprint density at radius 3 is 2.42 bits per heavy atom. The summed E-state index contributed by atoms with van der Waals surface area (Å²) in [6.45, 7) is 7.61. The molecule has 0 fully saturated rings. The van der Waals surface area contributed by atoms with Crippen molar-refractivity contribution in [1.29, 1.82) is 0 Å². The van der Waals surface area contributed by atoms with Crippen LogP contribution in [0.3, 0.4) is 0 Å². The minimum absolute atomic E-state index is 0.0313. The normalized spacial score (nSPS) is 21.1. The highest BCUT2D eigenvalue weighted by Crippen LogP contribution is 2.46. The fourth-order valence-electron chi connectivity index (χ4n) is 3.69. The molecule has 142 valence electrons. The number of benzene rings is 1. The van der Waals surface area contributed by atoms with Crippen LogP contribution in [-0.2, 0) is 11.2 Å². The van der Waals surface area contributed by atoms with Gasteiger partial charge in [0, 0.05) is 17.1 Å². The van der Waals surface area contributed by atoms with E-state index in [2.05, 4.69) is 6.58 Å². The number of carbonyl (C=O) groups is 1. The Kier molecular flexibility index (Phi) is 6.48. The highest BCUT2D eigenvalue weighted by Gasteiger charge is 2.32. The van der Waals surface area contributed by atoms with E-state index in [1.807, 2.05) is 6.92 Å². The van der Waals surface area contributed by atoms with Gasteiger partial charge < -0.3 is 20.4 Å². The number of phenols is 2. The van der Waals surface area contributed by atoms with E-state index in [0.717, 1.165) is 17.6 Å². The molecule has 1 aromatic rings. The van der Waals surface area contributed by atoms with E-state index >= 15 is 0 Å². The van der Waals surface area contributed by atoms with Crippen LogP contribution >= 0.6 is 0 Å². The fraction of sp³-hybridized carbons (Fsp3) is 0.476. The fourth-order valence-corrected chi connectivity index (χ4v) is 3.69. The minimum Gasteiger partial charge on any atom is -0.507 e. The molecule has 2 unspecified atom stereocenters. The van der Waals surface area contributed by atoms with Crippen molar-refractivity contribution in [3.8, 4) is 11.5 Å². The molecule has 0 spiro atoms. The number of aryl methyl sites for hydroxylation is 1. The van der Waals surface area contributed by atoms with Gasteiger partial charge in [-0.15, -0.1) is 0 Å². The van der Waals surface area contributed by atoms with Gasteiger partial charge in [0.25, 0.3) is 0 Å². The van der Waals surface area contributed by atoms with Crippen molar-refractivity contribution in [1.82, 2.24) is 0 Å². The van der Waals surface area contributed by atoms with Gasteiger partial charge in [0.05, 0.1) is 6.10 Å². The van der Waals surface area contributed by atoms with E-state index in [-0.39, 0.29) is 23.5 Å². The van der Waals surface area contributed by atoms with Gasteiger partial charge in [-0.3, -0.25) is 0 Å². The number of carboxylic acids is 1. The first-order valence-corrected chi connectivity index (χ1v) is 9.03. The van der Waals surface area contributed by atoms with E-state index in [1.165, 1.54) is 0 Å². The molecule has 1 aliphatic carbocycles. The van der Waals surface area contributed by atoms with Crippen LogP contribution in [0, 0.1) is 5.92 Å². The number of aromatic hydroxyl groups is 2. The second kappa shape index (κ2) is 8.41. The monoisotopic (exact) mass is 360 g/mol. The van der Waals surface area contributed by atoms with Gasteiger partial charge >= 0.3 is 5.97 Å². The second-order valence-corrected chi connectivity index (χ2v) is 7.30. The highest BCUT2D eigenvalue weighted by atomic mass is 16.4. The van der Waals surface area contributed by atoms with Crippen molar-refractivity contribution in [3.05, 3.63) is 47.1 Å². The van der Waals surface area contributed by atoms with E-state index in [4.69, 9.17) is 0 Å². The van der Waals surface area contributed by atoms with Crippen LogP contribution in [0.15, 0.2) is 35.9 Å². The summed E-state index contributed by atoms with van der Waals surface area (Å²) in [7, 11) is 0. The topological polar surface area (TPSA) is 98.0 Å². The molecule has 0 saturated heterocycles. The molecule has 0 aliphatic heterocycles. The van der Waals surface area contributed by atoms with Gasteiger partial charge in [0.1, 0.15) is 11.5 Å². The lowest BCUT2D eigenvalue weighted by molar-refractivity contribution is -0.133. The lowest BCUT2D eigenvalue weighted by atomic mass is 9.73. The summed E-state index contributed by atoms with van der Waals surface area (Å²) in [5.41, 5.74) is 2.34. The molecule has 2 rings (SSSR count). The largest absolute Gasteiger partial charge is 0.507 e. The van der Waals surface area contributed by atoms with Crippen LogP contribution in [0.5, 0.6) is 11.5 Å². The smallest absolute Gasteiger partial charge is 0.331 e. The number of hydrogen-bond donors (Lipinski definition) is 4. The molecule has 0 amide bonds. The maximum Gasteiger partial charge on any atom is 0.331 e. The Balaban J connectivity index is 2.36. The molecule has 4 N–H and O–H groups in total. The summed E-state index contributed by atoms with van der Waals surface area (Å²) in [4.78, 5) is 11.4. The molecule has 0 bridgehead atoms. The summed E-state index contributed by atoms with van der Waals surface area (Å²) >= 11 is 0. The van der Waals surface area contributed by atoms with Gasteiger partial charge in [0.15, 0.2) is 0 Å². The average Bonchev–Trinajstić information content (AvgIpc) is 2.53. The molecule has 5 heteroatoms. The Labute approximate surface area is 154 Å². The number of carboxylic acid groups (broad SMARTS) is 1. The average molecular weight is 360 g/mol. The summed E-state index contributed by atoms with van der Waals surface area (Å²) in [5, 5.41) is 39.7. The Hall–Kier alpha value is -2.27. The van der Waals surface area contributed by atoms with Crippen LogP contribution < -0.4 is 0 Å². The number of rotatable bonds is 7. The first kappa shape index (κ1) is 20.0. The predicted octanol–water partition coefficient (Wildman–Crippen LogP) is 3.88.